The number of carbonyl (C=O) groups excluding carboxylic acids is 1. The summed E-state index contributed by atoms with van der Waals surface area (Å²) in [6.45, 7) is 10.5. The van der Waals surface area contributed by atoms with Gasteiger partial charge in [-0.05, 0) is 0 Å². The first-order valence-corrected chi connectivity index (χ1v) is 3.48. The van der Waals surface area contributed by atoms with Crippen LogP contribution in [0.4, 0.5) is 0 Å². The molecule has 0 aliphatic heterocycles. The van der Waals surface area contributed by atoms with Crippen LogP contribution in [-0.4, -0.2) is 18.6 Å². The van der Waals surface area contributed by atoms with E-state index in [1.54, 1.807) is 0 Å². The van der Waals surface area contributed by atoms with Crippen molar-refractivity contribution in [1.29, 1.82) is 0 Å². The second kappa shape index (κ2) is 5.32. The summed E-state index contributed by atoms with van der Waals surface area (Å²) in [6.07, 6.45) is 2.90. The molecule has 0 aliphatic rings. The summed E-state index contributed by atoms with van der Waals surface area (Å²) in [5, 5.41) is 0. The molecule has 0 spiro atoms. The van der Waals surface area contributed by atoms with Crippen molar-refractivity contribution in [2.45, 2.75) is 6.04 Å². The Bertz CT molecular complexity index is 209. The van der Waals surface area contributed by atoms with Crippen molar-refractivity contribution in [3.05, 3.63) is 37.5 Å². The molecule has 0 heterocycles. The molecule has 0 fully saturated rings. The summed E-state index contributed by atoms with van der Waals surface area (Å²) in [7, 11) is 0. The molecule has 0 aromatic carbocycles. The Morgan fingerprint density at radius 2 is 2.17 bits per heavy atom. The van der Waals surface area contributed by atoms with Crippen LogP contribution in [0.2, 0.25) is 0 Å². The number of hydrogen-bond donors (Lipinski definition) is 1. The minimum Gasteiger partial charge on any atom is -0.458 e. The van der Waals surface area contributed by atoms with Gasteiger partial charge in [-0.3, -0.25) is 0 Å². The molecule has 1 atom stereocenters. The number of nitrogens with two attached hydrogens (primary N) is 1. The zero-order valence-corrected chi connectivity index (χ0v) is 6.95. The van der Waals surface area contributed by atoms with Crippen molar-refractivity contribution in [1.82, 2.24) is 0 Å². The molecule has 3 heteroatoms. The molecule has 2 N–H and O–H groups in total. The van der Waals surface area contributed by atoms with E-state index >= 15 is 0 Å². The van der Waals surface area contributed by atoms with Gasteiger partial charge in [0.25, 0.3) is 0 Å². The average molecular weight is 167 g/mol. The van der Waals surface area contributed by atoms with E-state index in [9.17, 15) is 4.79 Å². The van der Waals surface area contributed by atoms with Gasteiger partial charge < -0.3 is 10.5 Å². The predicted octanol–water partition coefficient (Wildman–Crippen LogP) is 0.785. The highest BCUT2D eigenvalue weighted by Gasteiger charge is 2.12. The van der Waals surface area contributed by atoms with Crippen LogP contribution in [0.3, 0.4) is 0 Å². The maximum atomic E-state index is 11.0. The molecule has 0 aromatic rings. The molecule has 0 radical (unpaired) electrons. The van der Waals surface area contributed by atoms with Crippen molar-refractivity contribution >= 4 is 5.97 Å². The average Bonchev–Trinajstić information content (AvgIpc) is 2.11. The molecule has 0 saturated heterocycles. The van der Waals surface area contributed by atoms with Crippen molar-refractivity contribution in [3.8, 4) is 0 Å². The lowest BCUT2D eigenvalue weighted by molar-refractivity contribution is -0.137. The van der Waals surface area contributed by atoms with E-state index in [4.69, 9.17) is 10.5 Å². The summed E-state index contributed by atoms with van der Waals surface area (Å²) in [5.41, 5.74) is 5.65. The maximum absolute atomic E-state index is 11.0. The predicted molar refractivity (Wildman–Crippen MR) is 48.5 cm³/mol. The molecule has 0 saturated carbocycles. The molecule has 0 aromatic heterocycles. The van der Waals surface area contributed by atoms with Gasteiger partial charge in [0, 0.05) is 0 Å². The van der Waals surface area contributed by atoms with E-state index in [0.29, 0.717) is 0 Å². The first-order valence-electron chi connectivity index (χ1n) is 3.48. The zero-order chi connectivity index (χ0) is 9.56. The van der Waals surface area contributed by atoms with Gasteiger partial charge in [-0.2, -0.15) is 0 Å². The monoisotopic (exact) mass is 167 g/mol. The van der Waals surface area contributed by atoms with Gasteiger partial charge in [-0.15, -0.1) is 6.58 Å². The fourth-order valence-electron chi connectivity index (χ4n) is 0.506. The topological polar surface area (TPSA) is 52.3 Å². The maximum Gasteiger partial charge on any atom is 0.335 e. The Morgan fingerprint density at radius 1 is 1.58 bits per heavy atom. The Hall–Kier alpha value is -1.35. The van der Waals surface area contributed by atoms with Crippen LogP contribution >= 0.6 is 0 Å². The number of hydrogen-bond acceptors (Lipinski definition) is 3. The summed E-state index contributed by atoms with van der Waals surface area (Å²) >= 11 is 0. The summed E-state index contributed by atoms with van der Waals surface area (Å²) in [6, 6.07) is -0.540. The van der Waals surface area contributed by atoms with Gasteiger partial charge in [0.2, 0.25) is 0 Å². The summed E-state index contributed by atoms with van der Waals surface area (Å²) in [5.74, 6) is -0.512. The van der Waals surface area contributed by atoms with E-state index in [-0.39, 0.29) is 12.2 Å². The van der Waals surface area contributed by atoms with Crippen molar-refractivity contribution in [3.63, 3.8) is 0 Å². The van der Waals surface area contributed by atoms with Gasteiger partial charge >= 0.3 is 5.97 Å². The minimum absolute atomic E-state index is 0.168. The van der Waals surface area contributed by atoms with Gasteiger partial charge in [-0.25, -0.2) is 4.79 Å². The lowest BCUT2D eigenvalue weighted by Crippen LogP contribution is -2.25. The Kier molecular flexibility index (Phi) is 4.72. The van der Waals surface area contributed by atoms with Gasteiger partial charge in [-0.1, -0.05) is 25.3 Å². The van der Waals surface area contributed by atoms with Gasteiger partial charge in [0.15, 0.2) is 0 Å². The largest absolute Gasteiger partial charge is 0.458 e. The Morgan fingerprint density at radius 3 is 2.58 bits per heavy atom. The molecule has 12 heavy (non-hydrogen) atoms. The van der Waals surface area contributed by atoms with Crippen LogP contribution in [0.5, 0.6) is 0 Å². The van der Waals surface area contributed by atoms with Crippen molar-refractivity contribution in [2.24, 2.45) is 5.73 Å². The smallest absolute Gasteiger partial charge is 0.335 e. The standard InChI is InChI=1S/C9H13NO2/c1-4-6-12-9(11)7(3)8(10)5-2/h4-5,8H,1-3,6,10H2. The molecule has 1 unspecified atom stereocenters. The molecule has 0 rings (SSSR count). The third kappa shape index (κ3) is 3.16. The molecular formula is C9H13NO2. The minimum atomic E-state index is -0.540. The molecule has 0 amide bonds. The molecule has 0 bridgehead atoms. The third-order valence-corrected chi connectivity index (χ3v) is 1.25. The van der Waals surface area contributed by atoms with E-state index in [1.807, 2.05) is 0 Å². The van der Waals surface area contributed by atoms with Crippen molar-refractivity contribution < 1.29 is 9.53 Å². The Balaban J connectivity index is 4.01. The first kappa shape index (κ1) is 10.7. The number of rotatable bonds is 5. The van der Waals surface area contributed by atoms with Crippen LogP contribution in [0, 0.1) is 0 Å². The van der Waals surface area contributed by atoms with Crippen LogP contribution < -0.4 is 5.73 Å². The highest BCUT2D eigenvalue weighted by atomic mass is 16.5. The lowest BCUT2D eigenvalue weighted by atomic mass is 10.1. The second-order valence-electron chi connectivity index (χ2n) is 2.17. The SMILES string of the molecule is C=CCOC(=O)C(=C)C(N)C=C. The number of carbonyl (C=O) groups is 1. The van der Waals surface area contributed by atoms with E-state index in [1.165, 1.54) is 12.2 Å². The fourth-order valence-corrected chi connectivity index (χ4v) is 0.506. The molecule has 0 aliphatic carbocycles. The summed E-state index contributed by atoms with van der Waals surface area (Å²) in [4.78, 5) is 11.0. The van der Waals surface area contributed by atoms with Crippen LogP contribution in [-0.2, 0) is 9.53 Å². The zero-order valence-electron chi connectivity index (χ0n) is 6.95. The molecular weight excluding hydrogens is 154 g/mol. The van der Waals surface area contributed by atoms with Gasteiger partial charge in [0.1, 0.15) is 6.61 Å². The van der Waals surface area contributed by atoms with Crippen LogP contribution in [0.1, 0.15) is 0 Å². The Labute approximate surface area is 72.2 Å². The molecule has 66 valence electrons. The van der Waals surface area contributed by atoms with Crippen LogP contribution in [0.15, 0.2) is 37.5 Å². The van der Waals surface area contributed by atoms with E-state index in [2.05, 4.69) is 19.7 Å². The quantitative estimate of drug-likeness (QED) is 0.374. The van der Waals surface area contributed by atoms with Gasteiger partial charge in [0.05, 0.1) is 11.6 Å². The fraction of sp³-hybridized carbons (Fsp3) is 0.222. The summed E-state index contributed by atoms with van der Waals surface area (Å²) < 4.78 is 4.69. The highest BCUT2D eigenvalue weighted by Crippen LogP contribution is 2.00. The normalized spacial score (nSPS) is 11.4. The number of esters is 1. The highest BCUT2D eigenvalue weighted by molar-refractivity contribution is 5.89. The third-order valence-electron chi connectivity index (χ3n) is 1.25. The van der Waals surface area contributed by atoms with E-state index in [0.717, 1.165) is 0 Å². The first-order chi connectivity index (χ1) is 5.63. The van der Waals surface area contributed by atoms with Crippen molar-refractivity contribution in [2.75, 3.05) is 6.61 Å². The molecule has 3 nitrogen and oxygen atoms in total. The second-order valence-corrected chi connectivity index (χ2v) is 2.17. The lowest BCUT2D eigenvalue weighted by Gasteiger charge is -2.08. The number of ether oxygens (including phenoxy) is 1. The van der Waals surface area contributed by atoms with E-state index < -0.39 is 12.0 Å². The van der Waals surface area contributed by atoms with Crippen LogP contribution in [0.25, 0.3) is 0 Å².